The highest BCUT2D eigenvalue weighted by Crippen LogP contribution is 2.28. The van der Waals surface area contributed by atoms with Gasteiger partial charge in [0.1, 0.15) is 5.75 Å². The maximum Gasteiger partial charge on any atom is 0.121 e. The molecule has 1 rings (SSSR count). The number of ether oxygens (including phenoxy) is 2. The summed E-state index contributed by atoms with van der Waals surface area (Å²) in [5, 5.41) is 3.40. The molecule has 0 aromatic heterocycles. The summed E-state index contributed by atoms with van der Waals surface area (Å²) >= 11 is 0. The normalized spacial score (nSPS) is 14.3. The molecule has 2 atom stereocenters. The Morgan fingerprint density at radius 2 is 2.00 bits per heavy atom. The highest BCUT2D eigenvalue weighted by molar-refractivity contribution is 5.37. The zero-order valence-corrected chi connectivity index (χ0v) is 12.1. The molecule has 2 unspecified atom stereocenters. The van der Waals surface area contributed by atoms with Crippen molar-refractivity contribution < 1.29 is 9.47 Å². The summed E-state index contributed by atoms with van der Waals surface area (Å²) in [4.78, 5) is 0. The highest BCUT2D eigenvalue weighted by atomic mass is 16.5. The van der Waals surface area contributed by atoms with E-state index in [2.05, 4.69) is 31.3 Å². The van der Waals surface area contributed by atoms with Crippen molar-refractivity contribution in [3.8, 4) is 5.75 Å². The van der Waals surface area contributed by atoms with Crippen LogP contribution in [0.15, 0.2) is 18.2 Å². The molecule has 0 spiro atoms. The first-order chi connectivity index (χ1) is 8.63. The minimum Gasteiger partial charge on any atom is -0.496 e. The van der Waals surface area contributed by atoms with Gasteiger partial charge in [-0.25, -0.2) is 0 Å². The van der Waals surface area contributed by atoms with Gasteiger partial charge in [0.2, 0.25) is 0 Å². The van der Waals surface area contributed by atoms with Crippen LogP contribution in [0.1, 0.15) is 30.5 Å². The van der Waals surface area contributed by atoms with Crippen LogP contribution in [0.3, 0.4) is 0 Å². The number of benzene rings is 1. The molecule has 0 aliphatic carbocycles. The van der Waals surface area contributed by atoms with Crippen LogP contribution in [0.2, 0.25) is 0 Å². The van der Waals surface area contributed by atoms with Crippen molar-refractivity contribution in [2.45, 2.75) is 26.3 Å². The Hall–Kier alpha value is -1.06. The summed E-state index contributed by atoms with van der Waals surface area (Å²) in [6, 6.07) is 6.72. The standard InChI is InChI=1S/C15H25NO2/c1-11(8-9-17-4)15(16-3)13-6-7-14(18-5)12(2)10-13/h6-7,10-11,15-16H,8-9H2,1-5H3. The molecule has 0 heterocycles. The van der Waals surface area contributed by atoms with Crippen molar-refractivity contribution in [1.29, 1.82) is 0 Å². The van der Waals surface area contributed by atoms with Gasteiger partial charge in [-0.1, -0.05) is 19.1 Å². The topological polar surface area (TPSA) is 30.5 Å². The molecular formula is C15H25NO2. The minimum atomic E-state index is 0.352. The van der Waals surface area contributed by atoms with E-state index < -0.39 is 0 Å². The fraction of sp³-hybridized carbons (Fsp3) is 0.600. The Morgan fingerprint density at radius 3 is 2.50 bits per heavy atom. The smallest absolute Gasteiger partial charge is 0.121 e. The van der Waals surface area contributed by atoms with Gasteiger partial charge in [0.15, 0.2) is 0 Å². The van der Waals surface area contributed by atoms with Crippen molar-refractivity contribution in [1.82, 2.24) is 5.32 Å². The second-order valence-electron chi connectivity index (χ2n) is 4.75. The van der Waals surface area contributed by atoms with Crippen molar-refractivity contribution >= 4 is 0 Å². The van der Waals surface area contributed by atoms with E-state index in [-0.39, 0.29) is 0 Å². The molecule has 0 amide bonds. The quantitative estimate of drug-likeness (QED) is 0.808. The van der Waals surface area contributed by atoms with Gasteiger partial charge in [0.25, 0.3) is 0 Å². The maximum absolute atomic E-state index is 5.30. The van der Waals surface area contributed by atoms with Gasteiger partial charge in [-0.05, 0) is 43.5 Å². The van der Waals surface area contributed by atoms with E-state index in [0.29, 0.717) is 12.0 Å². The van der Waals surface area contributed by atoms with Crippen LogP contribution in [-0.2, 0) is 4.74 Å². The molecule has 102 valence electrons. The highest BCUT2D eigenvalue weighted by Gasteiger charge is 2.18. The number of hydrogen-bond acceptors (Lipinski definition) is 3. The third-order valence-corrected chi connectivity index (χ3v) is 3.44. The van der Waals surface area contributed by atoms with E-state index in [1.165, 1.54) is 11.1 Å². The molecule has 0 radical (unpaired) electrons. The average Bonchev–Trinajstić information content (AvgIpc) is 2.37. The zero-order chi connectivity index (χ0) is 13.5. The van der Waals surface area contributed by atoms with Crippen LogP contribution >= 0.6 is 0 Å². The Kier molecular flexibility index (Phi) is 6.16. The second-order valence-corrected chi connectivity index (χ2v) is 4.75. The van der Waals surface area contributed by atoms with Crippen molar-refractivity contribution in [2.75, 3.05) is 27.9 Å². The molecule has 0 aliphatic heterocycles. The van der Waals surface area contributed by atoms with Crippen molar-refractivity contribution in [3.05, 3.63) is 29.3 Å². The molecular weight excluding hydrogens is 226 g/mol. The van der Waals surface area contributed by atoms with Crippen LogP contribution in [0.25, 0.3) is 0 Å². The van der Waals surface area contributed by atoms with E-state index in [9.17, 15) is 0 Å². The van der Waals surface area contributed by atoms with Crippen molar-refractivity contribution in [3.63, 3.8) is 0 Å². The molecule has 0 aliphatic rings. The van der Waals surface area contributed by atoms with Crippen molar-refractivity contribution in [2.24, 2.45) is 5.92 Å². The summed E-state index contributed by atoms with van der Waals surface area (Å²) in [6.07, 6.45) is 1.05. The third kappa shape index (κ3) is 3.72. The molecule has 0 bridgehead atoms. The van der Waals surface area contributed by atoms with Gasteiger partial charge in [-0.15, -0.1) is 0 Å². The van der Waals surface area contributed by atoms with Gasteiger partial charge in [0.05, 0.1) is 7.11 Å². The average molecular weight is 251 g/mol. The first-order valence-electron chi connectivity index (χ1n) is 6.44. The Labute approximate surface area is 110 Å². The number of rotatable bonds is 7. The summed E-state index contributed by atoms with van der Waals surface area (Å²) in [5.74, 6) is 1.47. The lowest BCUT2D eigenvalue weighted by Gasteiger charge is -2.24. The number of hydrogen-bond donors (Lipinski definition) is 1. The lowest BCUT2D eigenvalue weighted by atomic mass is 9.91. The Bertz CT molecular complexity index is 366. The molecule has 1 aromatic rings. The molecule has 0 saturated heterocycles. The first-order valence-corrected chi connectivity index (χ1v) is 6.44. The second kappa shape index (κ2) is 7.39. The van der Waals surface area contributed by atoms with E-state index in [0.717, 1.165) is 18.8 Å². The molecule has 0 fully saturated rings. The summed E-state index contributed by atoms with van der Waals surface area (Å²) in [7, 11) is 5.46. The minimum absolute atomic E-state index is 0.352. The fourth-order valence-corrected chi connectivity index (χ4v) is 2.35. The molecule has 1 aromatic carbocycles. The maximum atomic E-state index is 5.30. The lowest BCUT2D eigenvalue weighted by Crippen LogP contribution is -2.24. The van der Waals surface area contributed by atoms with Crippen LogP contribution in [0.4, 0.5) is 0 Å². The lowest BCUT2D eigenvalue weighted by molar-refractivity contribution is 0.171. The molecule has 3 heteroatoms. The first kappa shape index (κ1) is 15.0. The van der Waals surface area contributed by atoms with E-state index >= 15 is 0 Å². The zero-order valence-electron chi connectivity index (χ0n) is 12.1. The fourth-order valence-electron chi connectivity index (χ4n) is 2.35. The van der Waals surface area contributed by atoms with E-state index in [4.69, 9.17) is 9.47 Å². The SMILES string of the molecule is CNC(c1ccc(OC)c(C)c1)C(C)CCOC. The summed E-state index contributed by atoms with van der Waals surface area (Å²) in [6.45, 7) is 5.13. The Morgan fingerprint density at radius 1 is 1.28 bits per heavy atom. The number of nitrogens with one attached hydrogen (secondary N) is 1. The van der Waals surface area contributed by atoms with Gasteiger partial charge in [0, 0.05) is 19.8 Å². The van der Waals surface area contributed by atoms with E-state index in [1.807, 2.05) is 13.1 Å². The van der Waals surface area contributed by atoms with Crippen LogP contribution in [0, 0.1) is 12.8 Å². The van der Waals surface area contributed by atoms with Crippen LogP contribution in [-0.4, -0.2) is 27.9 Å². The third-order valence-electron chi connectivity index (χ3n) is 3.44. The van der Waals surface area contributed by atoms with Gasteiger partial charge >= 0.3 is 0 Å². The molecule has 3 nitrogen and oxygen atoms in total. The number of aryl methyl sites for hydroxylation is 1. The largest absolute Gasteiger partial charge is 0.496 e. The summed E-state index contributed by atoms with van der Waals surface area (Å²) in [5.41, 5.74) is 2.48. The summed E-state index contributed by atoms with van der Waals surface area (Å²) < 4.78 is 10.5. The predicted molar refractivity (Wildman–Crippen MR) is 75.2 cm³/mol. The predicted octanol–water partition coefficient (Wildman–Crippen LogP) is 2.94. The molecule has 0 saturated carbocycles. The molecule has 18 heavy (non-hydrogen) atoms. The Balaban J connectivity index is 2.84. The number of methoxy groups -OCH3 is 2. The molecule has 1 N–H and O–H groups in total. The van der Waals surface area contributed by atoms with Crippen LogP contribution < -0.4 is 10.1 Å². The van der Waals surface area contributed by atoms with Crippen LogP contribution in [0.5, 0.6) is 5.75 Å². The monoisotopic (exact) mass is 251 g/mol. The van der Waals surface area contributed by atoms with E-state index in [1.54, 1.807) is 14.2 Å². The van der Waals surface area contributed by atoms with Gasteiger partial charge in [-0.3, -0.25) is 0 Å². The van der Waals surface area contributed by atoms with Gasteiger partial charge < -0.3 is 14.8 Å². The van der Waals surface area contributed by atoms with Gasteiger partial charge in [-0.2, -0.15) is 0 Å².